The second-order valence-corrected chi connectivity index (χ2v) is 5.15. The van der Waals surface area contributed by atoms with Gasteiger partial charge in [-0.1, -0.05) is 48.4 Å². The highest BCUT2D eigenvalue weighted by Gasteiger charge is 2.07. The molecule has 1 aliphatic heterocycles. The fourth-order valence-corrected chi connectivity index (χ4v) is 2.27. The quantitative estimate of drug-likeness (QED) is 0.847. The van der Waals surface area contributed by atoms with Crippen LogP contribution in [0.15, 0.2) is 78.6 Å². The molecule has 0 spiro atoms. The Hall–Kier alpha value is -2.96. The molecule has 0 saturated heterocycles. The van der Waals surface area contributed by atoms with Crippen molar-refractivity contribution in [2.24, 2.45) is 0 Å². The van der Waals surface area contributed by atoms with Crippen LogP contribution in [0.4, 0.5) is 5.69 Å². The van der Waals surface area contributed by atoms with Crippen LogP contribution < -0.4 is 5.32 Å². The van der Waals surface area contributed by atoms with Crippen molar-refractivity contribution < 1.29 is 4.84 Å². The van der Waals surface area contributed by atoms with Crippen molar-refractivity contribution in [2.75, 3.05) is 11.9 Å². The highest BCUT2D eigenvalue weighted by molar-refractivity contribution is 5.62. The Kier molecular flexibility index (Phi) is 4.78. The van der Waals surface area contributed by atoms with Gasteiger partial charge in [-0.3, -0.25) is 9.90 Å². The lowest BCUT2D eigenvalue weighted by molar-refractivity contribution is -0.124. The topological polar surface area (TPSA) is 24.5 Å². The van der Waals surface area contributed by atoms with Gasteiger partial charge in [0.15, 0.2) is 0 Å². The summed E-state index contributed by atoms with van der Waals surface area (Å²) in [4.78, 5) is 5.75. The smallest absolute Gasteiger partial charge is 0.0999 e. The van der Waals surface area contributed by atoms with E-state index < -0.39 is 0 Å². The average Bonchev–Trinajstić information content (AvgIpc) is 2.62. The van der Waals surface area contributed by atoms with Gasteiger partial charge in [0.25, 0.3) is 0 Å². The molecule has 3 nitrogen and oxygen atoms in total. The van der Waals surface area contributed by atoms with Crippen molar-refractivity contribution in [3.8, 4) is 12.3 Å². The molecule has 1 heterocycles. The maximum Gasteiger partial charge on any atom is 0.0999 e. The van der Waals surface area contributed by atoms with Crippen LogP contribution in [-0.2, 0) is 11.4 Å². The third kappa shape index (κ3) is 4.03. The minimum atomic E-state index is 0.557. The van der Waals surface area contributed by atoms with Crippen LogP contribution in [0.2, 0.25) is 0 Å². The zero-order valence-electron chi connectivity index (χ0n) is 12.8. The maximum atomic E-state index is 5.75. The highest BCUT2D eigenvalue weighted by atomic mass is 16.7. The molecule has 0 amide bonds. The summed E-state index contributed by atoms with van der Waals surface area (Å²) in [5.41, 5.74) is 3.94. The number of rotatable bonds is 5. The van der Waals surface area contributed by atoms with Gasteiger partial charge in [-0.2, -0.15) is 0 Å². The second-order valence-electron chi connectivity index (χ2n) is 5.15. The third-order valence-electron chi connectivity index (χ3n) is 3.51. The van der Waals surface area contributed by atoms with Crippen molar-refractivity contribution in [1.29, 1.82) is 0 Å². The lowest BCUT2D eigenvalue weighted by atomic mass is 10.1. The van der Waals surface area contributed by atoms with Crippen molar-refractivity contribution in [3.63, 3.8) is 0 Å². The molecule has 0 aromatic heterocycles. The first kappa shape index (κ1) is 15.0. The van der Waals surface area contributed by atoms with Crippen LogP contribution >= 0.6 is 0 Å². The molecule has 1 aliphatic rings. The zero-order chi connectivity index (χ0) is 15.9. The van der Waals surface area contributed by atoms with Gasteiger partial charge < -0.3 is 5.32 Å². The molecule has 3 rings (SSSR count). The largest absolute Gasteiger partial charge is 0.355 e. The minimum absolute atomic E-state index is 0.557. The summed E-state index contributed by atoms with van der Waals surface area (Å²) in [6.45, 7) is 1.24. The highest BCUT2D eigenvalue weighted by Crippen LogP contribution is 2.18. The molecular formula is C20H18N2O. The fourth-order valence-electron chi connectivity index (χ4n) is 2.27. The van der Waals surface area contributed by atoms with E-state index in [0.717, 1.165) is 22.5 Å². The first-order chi connectivity index (χ1) is 11.3. The molecule has 1 N–H and O–H groups in total. The zero-order valence-corrected chi connectivity index (χ0v) is 12.8. The number of terminal acetylenes is 1. The van der Waals surface area contributed by atoms with E-state index in [1.165, 1.54) is 0 Å². The molecule has 0 saturated carbocycles. The standard InChI is InChI=1S/C20H18N2O/c1-2-18-10-6-7-11-20(18)21-19-12-14-22(15-13-19)23-16-17-8-4-3-5-9-17/h1,3-14,21H,15-16H2. The number of nitrogens with one attached hydrogen (secondary N) is 1. The van der Waals surface area contributed by atoms with Gasteiger partial charge in [-0.15, -0.1) is 6.42 Å². The van der Waals surface area contributed by atoms with Crippen molar-refractivity contribution >= 4 is 5.69 Å². The monoisotopic (exact) mass is 302 g/mol. The Morgan fingerprint density at radius 1 is 1.09 bits per heavy atom. The second kappa shape index (κ2) is 7.35. The molecule has 23 heavy (non-hydrogen) atoms. The molecule has 114 valence electrons. The van der Waals surface area contributed by atoms with Crippen molar-refractivity contribution in [2.45, 2.75) is 6.61 Å². The van der Waals surface area contributed by atoms with E-state index in [2.05, 4.69) is 17.3 Å². The average molecular weight is 302 g/mol. The Labute approximate surface area is 136 Å². The Morgan fingerprint density at radius 3 is 2.61 bits per heavy atom. The minimum Gasteiger partial charge on any atom is -0.355 e. The van der Waals surface area contributed by atoms with E-state index in [4.69, 9.17) is 11.3 Å². The van der Waals surface area contributed by atoms with Crippen LogP contribution in [0.5, 0.6) is 0 Å². The summed E-state index contributed by atoms with van der Waals surface area (Å²) < 4.78 is 0. The van der Waals surface area contributed by atoms with Gasteiger partial charge in [-0.05, 0) is 29.8 Å². The molecule has 0 bridgehead atoms. The van der Waals surface area contributed by atoms with Crippen molar-refractivity contribution in [1.82, 2.24) is 5.06 Å². The number of anilines is 1. The molecular weight excluding hydrogens is 284 g/mol. The number of hydrogen-bond acceptors (Lipinski definition) is 3. The van der Waals surface area contributed by atoms with Crippen LogP contribution in [0.3, 0.4) is 0 Å². The number of benzene rings is 2. The molecule has 0 fully saturated rings. The van der Waals surface area contributed by atoms with Gasteiger partial charge in [0.2, 0.25) is 0 Å². The number of hydroxylamine groups is 2. The lowest BCUT2D eigenvalue weighted by Gasteiger charge is -2.22. The molecule has 3 heteroatoms. The van der Waals surface area contributed by atoms with Crippen molar-refractivity contribution in [3.05, 3.63) is 89.8 Å². The van der Waals surface area contributed by atoms with Crippen LogP contribution in [0.1, 0.15) is 11.1 Å². The van der Waals surface area contributed by atoms with E-state index in [-0.39, 0.29) is 0 Å². The van der Waals surface area contributed by atoms with Gasteiger partial charge >= 0.3 is 0 Å². The summed E-state index contributed by atoms with van der Waals surface area (Å²) in [6, 6.07) is 17.9. The van der Waals surface area contributed by atoms with Gasteiger partial charge in [0, 0.05) is 17.5 Å². The van der Waals surface area contributed by atoms with E-state index in [9.17, 15) is 0 Å². The van der Waals surface area contributed by atoms with E-state index in [1.54, 1.807) is 0 Å². The molecule has 0 aliphatic carbocycles. The Balaban J connectivity index is 1.55. The first-order valence-electron chi connectivity index (χ1n) is 7.49. The summed E-state index contributed by atoms with van der Waals surface area (Å²) in [5, 5.41) is 5.16. The molecule has 0 unspecified atom stereocenters. The fraction of sp³-hybridized carbons (Fsp3) is 0.100. The van der Waals surface area contributed by atoms with Gasteiger partial charge in [0.1, 0.15) is 0 Å². The molecule has 0 radical (unpaired) electrons. The Bertz CT molecular complexity index is 757. The maximum absolute atomic E-state index is 5.75. The molecule has 2 aromatic carbocycles. The van der Waals surface area contributed by atoms with Crippen LogP contribution in [0, 0.1) is 12.3 Å². The number of allylic oxidation sites excluding steroid dienone is 1. The summed E-state index contributed by atoms with van der Waals surface area (Å²) in [6.07, 6.45) is 11.5. The number of nitrogens with zero attached hydrogens (tertiary/aromatic N) is 1. The molecule has 2 aromatic rings. The van der Waals surface area contributed by atoms with E-state index in [0.29, 0.717) is 13.2 Å². The van der Waals surface area contributed by atoms with Gasteiger partial charge in [0.05, 0.1) is 18.8 Å². The summed E-state index contributed by atoms with van der Waals surface area (Å²) >= 11 is 0. The third-order valence-corrected chi connectivity index (χ3v) is 3.51. The molecule has 0 atom stereocenters. The van der Waals surface area contributed by atoms with Crippen LogP contribution in [0.25, 0.3) is 0 Å². The van der Waals surface area contributed by atoms with Crippen LogP contribution in [-0.4, -0.2) is 11.6 Å². The van der Waals surface area contributed by atoms with E-state index >= 15 is 0 Å². The summed E-state index contributed by atoms with van der Waals surface area (Å²) in [5.74, 6) is 2.68. The number of para-hydroxylation sites is 1. The Morgan fingerprint density at radius 2 is 1.87 bits per heavy atom. The van der Waals surface area contributed by atoms with E-state index in [1.807, 2.05) is 71.9 Å². The number of hydrogen-bond donors (Lipinski definition) is 1. The first-order valence-corrected chi connectivity index (χ1v) is 7.49. The normalized spacial score (nSPS) is 13.3. The predicted octanol–water partition coefficient (Wildman–Crippen LogP) is 3.92. The SMILES string of the molecule is C#Cc1ccccc1NC1=CCN(OCc2ccccc2)C=C1. The predicted molar refractivity (Wildman–Crippen MR) is 93.2 cm³/mol. The van der Waals surface area contributed by atoms with Gasteiger partial charge in [-0.25, -0.2) is 0 Å². The summed E-state index contributed by atoms with van der Waals surface area (Å²) in [7, 11) is 0. The lowest BCUT2D eigenvalue weighted by Crippen LogP contribution is -2.21.